The second kappa shape index (κ2) is 4.31. The van der Waals surface area contributed by atoms with Crippen LogP contribution in [0.25, 0.3) is 11.1 Å². The van der Waals surface area contributed by atoms with Crippen molar-refractivity contribution in [3.63, 3.8) is 0 Å². The van der Waals surface area contributed by atoms with Crippen LogP contribution in [0.4, 0.5) is 0 Å². The van der Waals surface area contributed by atoms with Crippen LogP contribution in [0.3, 0.4) is 0 Å². The maximum absolute atomic E-state index is 8.61. The Balaban J connectivity index is 2.15. The van der Waals surface area contributed by atoms with Gasteiger partial charge in [0.15, 0.2) is 11.5 Å². The van der Waals surface area contributed by atoms with E-state index in [4.69, 9.17) is 14.3 Å². The van der Waals surface area contributed by atoms with Crippen molar-refractivity contribution in [2.45, 2.75) is 13.3 Å². The average Bonchev–Trinajstić information content (AvgIpc) is 2.57. The van der Waals surface area contributed by atoms with Crippen molar-refractivity contribution in [2.75, 3.05) is 13.2 Å². The van der Waals surface area contributed by atoms with Crippen LogP contribution in [0.1, 0.15) is 12.3 Å². The highest BCUT2D eigenvalue weighted by Gasteiger charge is 2.03. The highest BCUT2D eigenvalue weighted by Crippen LogP contribution is 2.21. The van der Waals surface area contributed by atoms with E-state index >= 15 is 0 Å². The first-order chi connectivity index (χ1) is 7.29. The van der Waals surface area contributed by atoms with Gasteiger partial charge in [0.05, 0.1) is 6.61 Å². The topological polar surface area (TPSA) is 55.5 Å². The number of fused-ring (bicyclic) bond motifs is 1. The molecule has 1 heterocycles. The van der Waals surface area contributed by atoms with Gasteiger partial charge in [0, 0.05) is 26.0 Å². The number of nitrogens with zero attached hydrogens (tertiary/aromatic N) is 1. The summed E-state index contributed by atoms with van der Waals surface area (Å²) >= 11 is 0. The van der Waals surface area contributed by atoms with Crippen molar-refractivity contribution in [1.29, 1.82) is 0 Å². The number of aliphatic hydroxyl groups excluding tert-OH is 1. The smallest absolute Gasteiger partial charge is 0.192 e. The summed E-state index contributed by atoms with van der Waals surface area (Å²) in [6.07, 6.45) is 0.635. The molecule has 0 saturated heterocycles. The number of aromatic nitrogens is 1. The molecule has 15 heavy (non-hydrogen) atoms. The van der Waals surface area contributed by atoms with Gasteiger partial charge in [0.2, 0.25) is 0 Å². The van der Waals surface area contributed by atoms with Crippen LogP contribution in [0.2, 0.25) is 0 Å². The fraction of sp³-hybridized carbons (Fsp3) is 0.364. The van der Waals surface area contributed by atoms with Gasteiger partial charge in [-0.3, -0.25) is 0 Å². The third-order valence-corrected chi connectivity index (χ3v) is 2.04. The molecule has 0 atom stereocenters. The molecule has 0 spiro atoms. The van der Waals surface area contributed by atoms with Crippen LogP contribution in [-0.4, -0.2) is 23.3 Å². The maximum atomic E-state index is 8.61. The molecule has 0 amide bonds. The summed E-state index contributed by atoms with van der Waals surface area (Å²) in [4.78, 5) is 4.21. The average molecular weight is 207 g/mol. The molecule has 0 radical (unpaired) electrons. The van der Waals surface area contributed by atoms with Gasteiger partial charge in [0.25, 0.3) is 0 Å². The summed E-state index contributed by atoms with van der Waals surface area (Å²) in [6.45, 7) is 2.47. The Kier molecular flexibility index (Phi) is 2.87. The number of ether oxygens (including phenoxy) is 1. The highest BCUT2D eigenvalue weighted by atomic mass is 16.5. The monoisotopic (exact) mass is 207 g/mol. The lowest BCUT2D eigenvalue weighted by atomic mass is 10.3. The van der Waals surface area contributed by atoms with Crippen molar-refractivity contribution in [3.8, 4) is 5.75 Å². The second-order valence-electron chi connectivity index (χ2n) is 3.29. The first-order valence-electron chi connectivity index (χ1n) is 4.90. The van der Waals surface area contributed by atoms with E-state index in [1.807, 2.05) is 25.1 Å². The lowest BCUT2D eigenvalue weighted by Crippen LogP contribution is -1.99. The quantitative estimate of drug-likeness (QED) is 0.778. The minimum atomic E-state index is 0.144. The molecule has 0 aliphatic rings. The Morgan fingerprint density at radius 3 is 3.13 bits per heavy atom. The molecule has 0 aliphatic carbocycles. The number of rotatable bonds is 4. The predicted molar refractivity (Wildman–Crippen MR) is 55.9 cm³/mol. The van der Waals surface area contributed by atoms with Crippen LogP contribution >= 0.6 is 0 Å². The summed E-state index contributed by atoms with van der Waals surface area (Å²) in [5.41, 5.74) is 1.57. The molecule has 0 bridgehead atoms. The Morgan fingerprint density at radius 2 is 2.33 bits per heavy atom. The second-order valence-corrected chi connectivity index (χ2v) is 3.29. The zero-order chi connectivity index (χ0) is 10.7. The molecule has 2 rings (SSSR count). The number of aliphatic hydroxyl groups is 1. The zero-order valence-corrected chi connectivity index (χ0v) is 8.56. The SMILES string of the molecule is Cc1nc2cc(OCCCO)ccc2o1. The van der Waals surface area contributed by atoms with E-state index in [-0.39, 0.29) is 6.61 Å². The molecule has 0 saturated carbocycles. The summed E-state index contributed by atoms with van der Waals surface area (Å²) in [5.74, 6) is 1.40. The normalized spacial score (nSPS) is 10.8. The number of hydrogen-bond acceptors (Lipinski definition) is 4. The summed E-state index contributed by atoms with van der Waals surface area (Å²) in [7, 11) is 0. The molecule has 2 aromatic rings. The summed E-state index contributed by atoms with van der Waals surface area (Å²) in [5, 5.41) is 8.61. The lowest BCUT2D eigenvalue weighted by molar-refractivity contribution is 0.233. The van der Waals surface area contributed by atoms with Gasteiger partial charge >= 0.3 is 0 Å². The molecule has 4 nitrogen and oxygen atoms in total. The van der Waals surface area contributed by atoms with Crippen molar-refractivity contribution in [2.24, 2.45) is 0 Å². The third kappa shape index (κ3) is 2.27. The predicted octanol–water partition coefficient (Wildman–Crippen LogP) is 1.90. The number of aryl methyl sites for hydroxylation is 1. The first-order valence-corrected chi connectivity index (χ1v) is 4.90. The van der Waals surface area contributed by atoms with Gasteiger partial charge < -0.3 is 14.3 Å². The van der Waals surface area contributed by atoms with E-state index in [1.165, 1.54) is 0 Å². The van der Waals surface area contributed by atoms with Crippen LogP contribution in [0.5, 0.6) is 5.75 Å². The van der Waals surface area contributed by atoms with E-state index in [1.54, 1.807) is 0 Å². The molecule has 4 heteroatoms. The van der Waals surface area contributed by atoms with E-state index in [0.29, 0.717) is 18.9 Å². The van der Waals surface area contributed by atoms with Gasteiger partial charge in [0.1, 0.15) is 11.3 Å². The van der Waals surface area contributed by atoms with Crippen molar-refractivity contribution < 1.29 is 14.3 Å². The Morgan fingerprint density at radius 1 is 1.47 bits per heavy atom. The third-order valence-electron chi connectivity index (χ3n) is 2.04. The molecular weight excluding hydrogens is 194 g/mol. The van der Waals surface area contributed by atoms with Gasteiger partial charge in [-0.2, -0.15) is 0 Å². The maximum Gasteiger partial charge on any atom is 0.192 e. The van der Waals surface area contributed by atoms with Gasteiger partial charge in [-0.25, -0.2) is 4.98 Å². The Labute approximate surface area is 87.5 Å². The molecule has 1 aromatic heterocycles. The minimum absolute atomic E-state index is 0.144. The Bertz CT molecular complexity index is 450. The Hall–Kier alpha value is -1.55. The van der Waals surface area contributed by atoms with Gasteiger partial charge in [-0.05, 0) is 12.1 Å². The molecule has 80 valence electrons. The number of benzene rings is 1. The summed E-state index contributed by atoms with van der Waals surface area (Å²) in [6, 6.07) is 5.51. The molecule has 0 fully saturated rings. The zero-order valence-electron chi connectivity index (χ0n) is 8.56. The van der Waals surface area contributed by atoms with E-state index in [2.05, 4.69) is 4.98 Å². The highest BCUT2D eigenvalue weighted by molar-refractivity contribution is 5.74. The molecule has 1 aromatic carbocycles. The van der Waals surface area contributed by atoms with Gasteiger partial charge in [-0.1, -0.05) is 0 Å². The number of oxazole rings is 1. The van der Waals surface area contributed by atoms with E-state index in [0.717, 1.165) is 16.8 Å². The fourth-order valence-electron chi connectivity index (χ4n) is 1.37. The molecule has 1 N–H and O–H groups in total. The number of hydrogen-bond donors (Lipinski definition) is 1. The molecule has 0 aliphatic heterocycles. The minimum Gasteiger partial charge on any atom is -0.493 e. The van der Waals surface area contributed by atoms with Crippen LogP contribution in [0, 0.1) is 6.92 Å². The largest absolute Gasteiger partial charge is 0.493 e. The van der Waals surface area contributed by atoms with Crippen LogP contribution in [0.15, 0.2) is 22.6 Å². The molecule has 0 unspecified atom stereocenters. The van der Waals surface area contributed by atoms with E-state index in [9.17, 15) is 0 Å². The van der Waals surface area contributed by atoms with E-state index < -0.39 is 0 Å². The summed E-state index contributed by atoms with van der Waals surface area (Å²) < 4.78 is 10.8. The molecular formula is C11H13NO3. The van der Waals surface area contributed by atoms with Crippen LogP contribution < -0.4 is 4.74 Å². The van der Waals surface area contributed by atoms with Crippen molar-refractivity contribution >= 4 is 11.1 Å². The first kappa shape index (κ1) is 9.98. The fourth-order valence-corrected chi connectivity index (χ4v) is 1.37. The standard InChI is InChI=1S/C11H13NO3/c1-8-12-10-7-9(14-6-2-5-13)3-4-11(10)15-8/h3-4,7,13H,2,5-6H2,1H3. The van der Waals surface area contributed by atoms with Gasteiger partial charge in [-0.15, -0.1) is 0 Å². The van der Waals surface area contributed by atoms with Crippen LogP contribution in [-0.2, 0) is 0 Å². The van der Waals surface area contributed by atoms with Crippen molar-refractivity contribution in [1.82, 2.24) is 4.98 Å². The van der Waals surface area contributed by atoms with Crippen molar-refractivity contribution in [3.05, 3.63) is 24.1 Å². The lowest BCUT2D eigenvalue weighted by Gasteiger charge is -2.03.